The van der Waals surface area contributed by atoms with Crippen molar-refractivity contribution < 1.29 is 9.53 Å². The Morgan fingerprint density at radius 1 is 1.33 bits per heavy atom. The van der Waals surface area contributed by atoms with E-state index in [0.29, 0.717) is 0 Å². The summed E-state index contributed by atoms with van der Waals surface area (Å²) >= 11 is 0. The molecule has 0 saturated carbocycles. The minimum atomic E-state index is -0.468. The van der Waals surface area contributed by atoms with E-state index in [0.717, 1.165) is 19.4 Å². The molecule has 1 heterocycles. The summed E-state index contributed by atoms with van der Waals surface area (Å²) in [6.45, 7) is 8.72. The van der Waals surface area contributed by atoms with Gasteiger partial charge >= 0.3 is 6.09 Å². The van der Waals surface area contributed by atoms with E-state index in [4.69, 9.17) is 4.74 Å². The molecule has 1 fully saturated rings. The van der Waals surface area contributed by atoms with E-state index < -0.39 is 5.60 Å². The van der Waals surface area contributed by atoms with Gasteiger partial charge in [-0.15, -0.1) is 0 Å². The predicted molar refractivity (Wildman–Crippen MR) is 84.3 cm³/mol. The Hall–Kier alpha value is -1.55. The van der Waals surface area contributed by atoms with Crippen molar-refractivity contribution in [2.75, 3.05) is 6.54 Å². The zero-order chi connectivity index (χ0) is 15.5. The number of amides is 1. The summed E-state index contributed by atoms with van der Waals surface area (Å²) in [4.78, 5) is 12.0. The minimum Gasteiger partial charge on any atom is -0.444 e. The van der Waals surface area contributed by atoms with Crippen LogP contribution in [0.15, 0.2) is 24.3 Å². The van der Waals surface area contributed by atoms with E-state index in [1.54, 1.807) is 0 Å². The van der Waals surface area contributed by atoms with Crippen LogP contribution in [0.3, 0.4) is 0 Å². The Morgan fingerprint density at radius 2 is 2.05 bits per heavy atom. The van der Waals surface area contributed by atoms with Crippen molar-refractivity contribution in [3.8, 4) is 0 Å². The van der Waals surface area contributed by atoms with Crippen LogP contribution in [-0.2, 0) is 4.74 Å². The molecule has 4 heteroatoms. The van der Waals surface area contributed by atoms with E-state index in [9.17, 15) is 4.79 Å². The number of hydrogen-bond donors (Lipinski definition) is 2. The fourth-order valence-corrected chi connectivity index (χ4v) is 2.77. The summed E-state index contributed by atoms with van der Waals surface area (Å²) in [5, 5.41) is 6.55. The average Bonchev–Trinajstić information content (AvgIpc) is 2.38. The molecule has 0 bridgehead atoms. The zero-order valence-electron chi connectivity index (χ0n) is 13.4. The van der Waals surface area contributed by atoms with Gasteiger partial charge < -0.3 is 15.4 Å². The largest absolute Gasteiger partial charge is 0.444 e. The molecule has 2 N–H and O–H groups in total. The second kappa shape index (κ2) is 6.48. The van der Waals surface area contributed by atoms with Crippen molar-refractivity contribution in [2.45, 2.75) is 58.2 Å². The maximum atomic E-state index is 12.0. The Bertz CT molecular complexity index is 494. The maximum absolute atomic E-state index is 12.0. The van der Waals surface area contributed by atoms with Gasteiger partial charge in [0.05, 0.1) is 12.1 Å². The highest BCUT2D eigenvalue weighted by molar-refractivity contribution is 5.68. The number of piperidine rings is 1. The van der Waals surface area contributed by atoms with E-state index in [1.807, 2.05) is 32.9 Å². The van der Waals surface area contributed by atoms with Crippen LogP contribution < -0.4 is 10.6 Å². The zero-order valence-corrected chi connectivity index (χ0v) is 13.4. The molecule has 0 spiro atoms. The van der Waals surface area contributed by atoms with Gasteiger partial charge in [0.25, 0.3) is 0 Å². The van der Waals surface area contributed by atoms with Gasteiger partial charge in [0, 0.05) is 0 Å². The van der Waals surface area contributed by atoms with E-state index >= 15 is 0 Å². The number of alkyl carbamates (subject to hydrolysis) is 1. The van der Waals surface area contributed by atoms with Crippen molar-refractivity contribution in [2.24, 2.45) is 0 Å². The first-order valence-electron chi connectivity index (χ1n) is 7.65. The highest BCUT2D eigenvalue weighted by Gasteiger charge is 2.29. The highest BCUT2D eigenvalue weighted by Crippen LogP contribution is 2.26. The van der Waals surface area contributed by atoms with Crippen LogP contribution in [0.4, 0.5) is 4.79 Å². The second-order valence-corrected chi connectivity index (χ2v) is 6.68. The molecule has 1 amide bonds. The molecule has 2 rings (SSSR count). The third-order valence-corrected chi connectivity index (χ3v) is 3.68. The van der Waals surface area contributed by atoms with E-state index in [1.165, 1.54) is 11.1 Å². The molecule has 1 aromatic rings. The molecule has 1 aliphatic heterocycles. The number of benzene rings is 1. The van der Waals surface area contributed by atoms with Gasteiger partial charge in [0.2, 0.25) is 0 Å². The number of carbonyl (C=O) groups is 1. The van der Waals surface area contributed by atoms with Crippen LogP contribution in [-0.4, -0.2) is 24.3 Å². The third kappa shape index (κ3) is 4.46. The van der Waals surface area contributed by atoms with Gasteiger partial charge in [0.15, 0.2) is 0 Å². The van der Waals surface area contributed by atoms with Gasteiger partial charge in [-0.2, -0.15) is 0 Å². The molecule has 4 nitrogen and oxygen atoms in total. The topological polar surface area (TPSA) is 50.4 Å². The van der Waals surface area contributed by atoms with E-state index in [-0.39, 0.29) is 18.2 Å². The SMILES string of the molecule is Cc1ccccc1[C@@H]1NCCC[C@H]1NC(=O)OC(C)(C)C. The first-order valence-corrected chi connectivity index (χ1v) is 7.65. The monoisotopic (exact) mass is 290 g/mol. The molecular formula is C17H26N2O2. The van der Waals surface area contributed by atoms with Gasteiger partial charge in [-0.25, -0.2) is 4.79 Å². The summed E-state index contributed by atoms with van der Waals surface area (Å²) < 4.78 is 5.38. The Labute approximate surface area is 127 Å². The van der Waals surface area contributed by atoms with Crippen molar-refractivity contribution in [3.05, 3.63) is 35.4 Å². The number of nitrogens with one attached hydrogen (secondary N) is 2. The fraction of sp³-hybridized carbons (Fsp3) is 0.588. The Kier molecular flexibility index (Phi) is 4.88. The predicted octanol–water partition coefficient (Wildman–Crippen LogP) is 3.31. The molecule has 116 valence electrons. The molecule has 1 aliphatic rings. The number of aryl methyl sites for hydroxylation is 1. The summed E-state index contributed by atoms with van der Waals surface area (Å²) in [5.74, 6) is 0. The molecule has 2 atom stereocenters. The molecule has 0 unspecified atom stereocenters. The van der Waals surface area contributed by atoms with Crippen molar-refractivity contribution in [3.63, 3.8) is 0 Å². The number of hydrogen-bond acceptors (Lipinski definition) is 3. The summed E-state index contributed by atoms with van der Waals surface area (Å²) in [6.07, 6.45) is 1.68. The molecule has 21 heavy (non-hydrogen) atoms. The van der Waals surface area contributed by atoms with Crippen LogP contribution in [0.5, 0.6) is 0 Å². The third-order valence-electron chi connectivity index (χ3n) is 3.68. The lowest BCUT2D eigenvalue weighted by molar-refractivity contribution is 0.0481. The maximum Gasteiger partial charge on any atom is 0.407 e. The fourth-order valence-electron chi connectivity index (χ4n) is 2.77. The van der Waals surface area contributed by atoms with Crippen molar-refractivity contribution in [1.29, 1.82) is 0 Å². The molecule has 0 aromatic heterocycles. The van der Waals surface area contributed by atoms with Gasteiger partial charge in [0.1, 0.15) is 5.60 Å². The number of carbonyl (C=O) groups excluding carboxylic acids is 1. The van der Waals surface area contributed by atoms with Gasteiger partial charge in [-0.3, -0.25) is 0 Å². The van der Waals surface area contributed by atoms with E-state index in [2.05, 4.69) is 29.7 Å². The Balaban J connectivity index is 2.09. The van der Waals surface area contributed by atoms with Crippen LogP contribution in [0, 0.1) is 6.92 Å². The smallest absolute Gasteiger partial charge is 0.407 e. The lowest BCUT2D eigenvalue weighted by Gasteiger charge is -2.34. The molecule has 0 radical (unpaired) electrons. The lowest BCUT2D eigenvalue weighted by atomic mass is 9.90. The molecule has 1 saturated heterocycles. The van der Waals surface area contributed by atoms with Crippen LogP contribution in [0.25, 0.3) is 0 Å². The van der Waals surface area contributed by atoms with Crippen LogP contribution in [0.1, 0.15) is 50.8 Å². The normalized spacial score (nSPS) is 22.7. The van der Waals surface area contributed by atoms with Gasteiger partial charge in [-0.05, 0) is 58.2 Å². The average molecular weight is 290 g/mol. The van der Waals surface area contributed by atoms with Crippen molar-refractivity contribution >= 4 is 6.09 Å². The molecular weight excluding hydrogens is 264 g/mol. The molecule has 0 aliphatic carbocycles. The summed E-state index contributed by atoms with van der Waals surface area (Å²) in [7, 11) is 0. The number of ether oxygens (including phenoxy) is 1. The van der Waals surface area contributed by atoms with Crippen LogP contribution >= 0.6 is 0 Å². The molecule has 1 aromatic carbocycles. The Morgan fingerprint density at radius 3 is 2.71 bits per heavy atom. The standard InChI is InChI=1S/C17H26N2O2/c1-12-8-5-6-9-13(12)15-14(10-7-11-18-15)19-16(20)21-17(2,3)4/h5-6,8-9,14-15,18H,7,10-11H2,1-4H3,(H,19,20)/t14-,15+/m1/s1. The summed E-state index contributed by atoms with van der Waals surface area (Å²) in [5.41, 5.74) is 2.02. The highest BCUT2D eigenvalue weighted by atomic mass is 16.6. The van der Waals surface area contributed by atoms with Crippen LogP contribution in [0.2, 0.25) is 0 Å². The van der Waals surface area contributed by atoms with Gasteiger partial charge in [-0.1, -0.05) is 24.3 Å². The summed E-state index contributed by atoms with van der Waals surface area (Å²) in [6, 6.07) is 8.53. The van der Waals surface area contributed by atoms with Crippen molar-refractivity contribution in [1.82, 2.24) is 10.6 Å². The number of rotatable bonds is 2. The lowest BCUT2D eigenvalue weighted by Crippen LogP contribution is -2.49. The first kappa shape index (κ1) is 15.8. The quantitative estimate of drug-likeness (QED) is 0.878. The second-order valence-electron chi connectivity index (χ2n) is 6.68. The first-order chi connectivity index (χ1) is 9.87. The minimum absolute atomic E-state index is 0.0645.